The molecule has 1 heterocycles. The van der Waals surface area contributed by atoms with Crippen molar-refractivity contribution in [3.8, 4) is 5.75 Å². The zero-order valence-corrected chi connectivity index (χ0v) is 18.3. The first-order valence-electron chi connectivity index (χ1n) is 9.78. The SMILES string of the molecule is COc1ccc(N2C(=O)N(CC(=O)Nc3ccccc3C)c3ccccc3S2(=O)=O)cc1. The van der Waals surface area contributed by atoms with E-state index >= 15 is 0 Å². The lowest BCUT2D eigenvalue weighted by molar-refractivity contribution is -0.114. The number of fused-ring (bicyclic) bond motifs is 1. The highest BCUT2D eigenvalue weighted by Crippen LogP contribution is 2.37. The van der Waals surface area contributed by atoms with Crippen molar-refractivity contribution < 1.29 is 22.7 Å². The first kappa shape index (κ1) is 21.4. The fourth-order valence-electron chi connectivity index (χ4n) is 3.48. The average molecular weight is 452 g/mol. The lowest BCUT2D eigenvalue weighted by Crippen LogP contribution is -2.53. The van der Waals surface area contributed by atoms with Gasteiger partial charge in [0.25, 0.3) is 10.0 Å². The number of carbonyl (C=O) groups excluding carboxylic acids is 2. The van der Waals surface area contributed by atoms with Crippen molar-refractivity contribution in [3.63, 3.8) is 0 Å². The second-order valence-corrected chi connectivity index (χ2v) is 8.92. The quantitative estimate of drug-likeness (QED) is 0.637. The fourth-order valence-corrected chi connectivity index (χ4v) is 5.07. The molecule has 0 fully saturated rings. The van der Waals surface area contributed by atoms with Crippen LogP contribution in [0.15, 0.2) is 77.7 Å². The summed E-state index contributed by atoms with van der Waals surface area (Å²) in [6.45, 7) is 1.50. The number of hydrogen-bond acceptors (Lipinski definition) is 5. The first-order chi connectivity index (χ1) is 15.3. The third kappa shape index (κ3) is 3.78. The minimum absolute atomic E-state index is 0.0564. The van der Waals surface area contributed by atoms with Gasteiger partial charge < -0.3 is 10.1 Å². The van der Waals surface area contributed by atoms with E-state index in [0.29, 0.717) is 15.7 Å². The smallest absolute Gasteiger partial charge is 0.343 e. The minimum atomic E-state index is -4.17. The molecule has 9 heteroatoms. The number of nitrogens with one attached hydrogen (secondary N) is 1. The lowest BCUT2D eigenvalue weighted by Gasteiger charge is -2.35. The predicted octanol–water partition coefficient (Wildman–Crippen LogP) is 3.78. The number of anilines is 3. The Bertz CT molecular complexity index is 1290. The third-order valence-electron chi connectivity index (χ3n) is 5.11. The summed E-state index contributed by atoms with van der Waals surface area (Å²) in [5.41, 5.74) is 1.79. The Hall–Kier alpha value is -3.85. The molecular formula is C23H21N3O5S. The van der Waals surface area contributed by atoms with Crippen molar-refractivity contribution in [2.75, 3.05) is 28.2 Å². The van der Waals surface area contributed by atoms with Gasteiger partial charge in [0.2, 0.25) is 5.91 Å². The summed E-state index contributed by atoms with van der Waals surface area (Å²) < 4.78 is 32.4. The largest absolute Gasteiger partial charge is 0.497 e. The maximum absolute atomic E-state index is 13.4. The predicted molar refractivity (Wildman–Crippen MR) is 122 cm³/mol. The van der Waals surface area contributed by atoms with Gasteiger partial charge in [0.15, 0.2) is 0 Å². The number of aryl methyl sites for hydroxylation is 1. The van der Waals surface area contributed by atoms with E-state index in [1.54, 1.807) is 36.4 Å². The topological polar surface area (TPSA) is 96.0 Å². The number of para-hydroxylation sites is 2. The van der Waals surface area contributed by atoms with E-state index in [2.05, 4.69) is 5.32 Å². The number of hydrogen-bond donors (Lipinski definition) is 1. The maximum atomic E-state index is 13.4. The lowest BCUT2D eigenvalue weighted by atomic mass is 10.2. The molecule has 0 atom stereocenters. The zero-order valence-electron chi connectivity index (χ0n) is 17.5. The van der Waals surface area contributed by atoms with Crippen LogP contribution in [0.25, 0.3) is 0 Å². The molecule has 0 spiro atoms. The number of rotatable bonds is 5. The molecule has 3 aromatic rings. The minimum Gasteiger partial charge on any atom is -0.497 e. The number of benzene rings is 3. The van der Waals surface area contributed by atoms with Crippen LogP contribution in [0.1, 0.15) is 5.56 Å². The summed E-state index contributed by atoms with van der Waals surface area (Å²) in [6, 6.07) is 18.6. The Morgan fingerprint density at radius 2 is 1.62 bits per heavy atom. The normalized spacial score (nSPS) is 14.6. The molecule has 0 aromatic heterocycles. The van der Waals surface area contributed by atoms with E-state index in [-0.39, 0.29) is 22.8 Å². The van der Waals surface area contributed by atoms with Gasteiger partial charge in [0.05, 0.1) is 18.5 Å². The van der Waals surface area contributed by atoms with E-state index in [9.17, 15) is 18.0 Å². The highest BCUT2D eigenvalue weighted by atomic mass is 32.2. The molecule has 4 rings (SSSR count). The van der Waals surface area contributed by atoms with Gasteiger partial charge in [0, 0.05) is 5.69 Å². The molecule has 164 valence electrons. The number of carbonyl (C=O) groups is 2. The number of amides is 3. The maximum Gasteiger partial charge on any atom is 0.343 e. The highest BCUT2D eigenvalue weighted by molar-refractivity contribution is 7.94. The Morgan fingerprint density at radius 3 is 2.31 bits per heavy atom. The number of urea groups is 1. The van der Waals surface area contributed by atoms with Gasteiger partial charge in [-0.05, 0) is 55.0 Å². The highest BCUT2D eigenvalue weighted by Gasteiger charge is 2.43. The Labute approximate surface area is 186 Å². The van der Waals surface area contributed by atoms with Crippen LogP contribution >= 0.6 is 0 Å². The van der Waals surface area contributed by atoms with Gasteiger partial charge >= 0.3 is 6.03 Å². The van der Waals surface area contributed by atoms with Gasteiger partial charge in [-0.3, -0.25) is 9.69 Å². The summed E-state index contributed by atoms with van der Waals surface area (Å²) in [7, 11) is -2.68. The van der Waals surface area contributed by atoms with Gasteiger partial charge in [-0.25, -0.2) is 13.2 Å². The number of nitrogens with zero attached hydrogens (tertiary/aromatic N) is 2. The molecule has 32 heavy (non-hydrogen) atoms. The molecule has 0 radical (unpaired) electrons. The van der Waals surface area contributed by atoms with Crippen molar-refractivity contribution in [2.45, 2.75) is 11.8 Å². The van der Waals surface area contributed by atoms with Crippen molar-refractivity contribution in [3.05, 3.63) is 78.4 Å². The van der Waals surface area contributed by atoms with Gasteiger partial charge in [-0.15, -0.1) is 0 Å². The molecule has 1 N–H and O–H groups in total. The molecule has 0 saturated carbocycles. The second-order valence-electron chi connectivity index (χ2n) is 7.17. The molecule has 1 aliphatic rings. The van der Waals surface area contributed by atoms with Crippen LogP contribution in [0.4, 0.5) is 21.9 Å². The van der Waals surface area contributed by atoms with Crippen LogP contribution in [0.3, 0.4) is 0 Å². The van der Waals surface area contributed by atoms with E-state index < -0.39 is 22.0 Å². The van der Waals surface area contributed by atoms with E-state index in [1.807, 2.05) is 19.1 Å². The van der Waals surface area contributed by atoms with Gasteiger partial charge in [0.1, 0.15) is 17.2 Å². The third-order valence-corrected chi connectivity index (χ3v) is 6.86. The van der Waals surface area contributed by atoms with Crippen molar-refractivity contribution in [2.24, 2.45) is 0 Å². The molecule has 8 nitrogen and oxygen atoms in total. The molecule has 0 bridgehead atoms. The Morgan fingerprint density at radius 1 is 0.969 bits per heavy atom. The molecule has 0 unspecified atom stereocenters. The van der Waals surface area contributed by atoms with Crippen molar-refractivity contribution >= 4 is 39.0 Å². The molecule has 3 amide bonds. The van der Waals surface area contributed by atoms with Crippen molar-refractivity contribution in [1.82, 2.24) is 0 Å². The van der Waals surface area contributed by atoms with Crippen LogP contribution in [0.5, 0.6) is 5.75 Å². The van der Waals surface area contributed by atoms with Crippen LogP contribution in [0.2, 0.25) is 0 Å². The van der Waals surface area contributed by atoms with Crippen LogP contribution < -0.4 is 19.3 Å². The van der Waals surface area contributed by atoms with Crippen LogP contribution in [-0.4, -0.2) is 34.0 Å². The zero-order chi connectivity index (χ0) is 22.9. The van der Waals surface area contributed by atoms with Gasteiger partial charge in [-0.1, -0.05) is 30.3 Å². The molecule has 3 aromatic carbocycles. The standard InChI is InChI=1S/C23H21N3O5S/c1-16-7-3-4-8-19(16)24-22(27)15-25-20-9-5-6-10-21(20)32(29,30)26(23(25)28)17-11-13-18(31-2)14-12-17/h3-14H,15H2,1-2H3,(H,24,27). The number of methoxy groups -OCH3 is 1. The molecule has 0 aliphatic carbocycles. The molecular weight excluding hydrogens is 430 g/mol. The van der Waals surface area contributed by atoms with E-state index in [1.165, 1.54) is 31.4 Å². The summed E-state index contributed by atoms with van der Waals surface area (Å²) in [4.78, 5) is 27.3. The van der Waals surface area contributed by atoms with Crippen LogP contribution in [0, 0.1) is 6.92 Å². The summed E-state index contributed by atoms with van der Waals surface area (Å²) in [6.07, 6.45) is 0. The first-order valence-corrected chi connectivity index (χ1v) is 11.2. The number of sulfonamides is 1. The summed E-state index contributed by atoms with van der Waals surface area (Å²) >= 11 is 0. The summed E-state index contributed by atoms with van der Waals surface area (Å²) in [5.74, 6) is 0.0712. The Balaban J connectivity index is 1.72. The van der Waals surface area contributed by atoms with Crippen molar-refractivity contribution in [1.29, 1.82) is 0 Å². The average Bonchev–Trinajstić information content (AvgIpc) is 2.79. The summed E-state index contributed by atoms with van der Waals surface area (Å²) in [5, 5.41) is 2.78. The fraction of sp³-hybridized carbons (Fsp3) is 0.130. The molecule has 1 aliphatic heterocycles. The van der Waals surface area contributed by atoms with E-state index in [4.69, 9.17) is 4.74 Å². The van der Waals surface area contributed by atoms with E-state index in [0.717, 1.165) is 10.5 Å². The molecule has 0 saturated heterocycles. The van der Waals surface area contributed by atoms with Gasteiger partial charge in [-0.2, -0.15) is 4.31 Å². The monoisotopic (exact) mass is 451 g/mol. The second kappa shape index (κ2) is 8.35. The number of ether oxygens (including phenoxy) is 1. The van der Waals surface area contributed by atoms with Crippen LogP contribution in [-0.2, 0) is 14.8 Å². The Kier molecular flexibility index (Phi) is 5.58.